The summed E-state index contributed by atoms with van der Waals surface area (Å²) in [5.74, 6) is -0.485. The second-order valence-corrected chi connectivity index (χ2v) is 19.1. The Balaban J connectivity index is 1.06. The fourth-order valence-corrected chi connectivity index (χ4v) is 11.2. The van der Waals surface area contributed by atoms with Crippen LogP contribution in [0.5, 0.6) is 11.5 Å². The molecular formula is C35H36FN7O14P2S. The number of imidazole rings is 1. The molecule has 0 saturated carbocycles. The average Bonchev–Trinajstić information content (AvgIpc) is 3.89. The van der Waals surface area contributed by atoms with Gasteiger partial charge in [0, 0.05) is 23.9 Å². The third-order valence-corrected chi connectivity index (χ3v) is 14.5. The third kappa shape index (κ3) is 8.68. The zero-order valence-corrected chi connectivity index (χ0v) is 34.0. The van der Waals surface area contributed by atoms with E-state index in [9.17, 15) is 28.4 Å². The molecule has 25 heteroatoms. The summed E-state index contributed by atoms with van der Waals surface area (Å²) >= 11 is 0.679. The van der Waals surface area contributed by atoms with Gasteiger partial charge < -0.3 is 29.6 Å². The van der Waals surface area contributed by atoms with Gasteiger partial charge in [0.25, 0.3) is 5.56 Å². The molecule has 3 aromatic heterocycles. The first-order valence-corrected chi connectivity index (χ1v) is 22.7. The van der Waals surface area contributed by atoms with Gasteiger partial charge in [-0.1, -0.05) is 19.1 Å². The minimum atomic E-state index is -4.99. The molecule has 0 amide bonds. The summed E-state index contributed by atoms with van der Waals surface area (Å²) in [5.41, 5.74) is 5.64. The molecule has 60 heavy (non-hydrogen) atoms. The van der Waals surface area contributed by atoms with Gasteiger partial charge in [-0.2, -0.15) is 0 Å². The van der Waals surface area contributed by atoms with Crippen molar-refractivity contribution in [2.75, 3.05) is 26.1 Å². The molecule has 0 spiro atoms. The van der Waals surface area contributed by atoms with E-state index in [-0.39, 0.29) is 22.8 Å². The molecule has 5 aromatic rings. The van der Waals surface area contributed by atoms with Crippen molar-refractivity contribution < 1.29 is 60.3 Å². The number of benzene rings is 2. The number of rotatable bonds is 8. The monoisotopic (exact) mass is 891 g/mol. The Morgan fingerprint density at radius 3 is 2.38 bits per heavy atom. The lowest BCUT2D eigenvalue weighted by atomic mass is 10.0. The fourth-order valence-electron chi connectivity index (χ4n) is 6.82. The summed E-state index contributed by atoms with van der Waals surface area (Å²) in [6.45, 7) is -4.26. The molecule has 3 aliphatic heterocycles. The molecule has 3 fully saturated rings. The van der Waals surface area contributed by atoms with Crippen molar-refractivity contribution in [1.82, 2.24) is 29.1 Å². The number of alkyl halides is 1. The molecule has 4 N–H and O–H groups in total. The number of nitrogens with one attached hydrogen (secondary N) is 1. The Kier molecular flexibility index (Phi) is 11.8. The molecular weight excluding hydrogens is 855 g/mol. The van der Waals surface area contributed by atoms with E-state index >= 15 is 4.39 Å². The molecule has 3 saturated heterocycles. The fraction of sp³-hybridized carbons (Fsp3) is 0.371. The highest BCUT2D eigenvalue weighted by atomic mass is 32.7. The van der Waals surface area contributed by atoms with E-state index in [1.54, 1.807) is 43.3 Å². The Morgan fingerprint density at radius 2 is 1.65 bits per heavy atom. The van der Waals surface area contributed by atoms with Crippen LogP contribution in [0.2, 0.25) is 0 Å². The van der Waals surface area contributed by atoms with E-state index in [4.69, 9.17) is 42.8 Å². The number of carbonyl (C=O) groups is 1. The summed E-state index contributed by atoms with van der Waals surface area (Å²) in [6, 6.07) is 13.6. The Labute approximate surface area is 342 Å². The molecule has 10 atom stereocenters. The Bertz CT molecular complexity index is 2600. The minimum absolute atomic E-state index is 0.0447. The smallest absolute Gasteiger partial charge is 0.472 e. The van der Waals surface area contributed by atoms with Gasteiger partial charge >= 0.3 is 26.3 Å². The van der Waals surface area contributed by atoms with Crippen LogP contribution in [0.3, 0.4) is 0 Å². The first-order chi connectivity index (χ1) is 28.7. The molecule has 0 radical (unpaired) electrons. The topological polar surface area (TPSA) is 270 Å². The van der Waals surface area contributed by atoms with Crippen molar-refractivity contribution in [1.29, 1.82) is 0 Å². The maximum Gasteiger partial charge on any atom is 0.472 e. The number of nitrogens with two attached hydrogens (primary N) is 1. The number of esters is 1. The predicted octanol–water partition coefficient (Wildman–Crippen LogP) is 3.91. The molecule has 21 nitrogen and oxygen atoms in total. The molecule has 6 heterocycles. The number of aromatic nitrogens is 6. The van der Waals surface area contributed by atoms with Crippen LogP contribution in [0.25, 0.3) is 11.2 Å². The lowest BCUT2D eigenvalue weighted by Crippen LogP contribution is -2.37. The largest absolute Gasteiger partial charge is 0.497 e. The van der Waals surface area contributed by atoms with Crippen LogP contribution in [-0.4, -0.2) is 90.8 Å². The second kappa shape index (κ2) is 16.9. The lowest BCUT2D eigenvalue weighted by molar-refractivity contribution is -0.0619. The van der Waals surface area contributed by atoms with E-state index in [1.807, 2.05) is 4.98 Å². The predicted molar refractivity (Wildman–Crippen MR) is 208 cm³/mol. The van der Waals surface area contributed by atoms with Crippen LogP contribution in [0, 0.1) is 5.92 Å². The Hall–Kier alpha value is -4.80. The van der Waals surface area contributed by atoms with Crippen LogP contribution in [0.4, 0.5) is 10.2 Å². The number of hydrogen-bond donors (Lipinski definition) is 3. The number of halogens is 1. The van der Waals surface area contributed by atoms with Gasteiger partial charge in [-0.15, -0.1) is 0 Å². The van der Waals surface area contributed by atoms with Crippen LogP contribution in [-0.2, 0) is 42.5 Å². The number of methoxy groups -OCH3 is 1. The number of ether oxygens (including phenoxy) is 4. The van der Waals surface area contributed by atoms with Crippen LogP contribution < -0.4 is 26.5 Å². The normalized spacial score (nSPS) is 30.8. The van der Waals surface area contributed by atoms with Gasteiger partial charge in [-0.25, -0.2) is 38.1 Å². The van der Waals surface area contributed by atoms with Gasteiger partial charge in [-0.3, -0.25) is 37.0 Å². The first-order valence-electron chi connectivity index (χ1n) is 18.1. The SMILES string of the molecule is COc1ccc(C(=O)Oc2ccc(CSP3(=O)OC[C@H]4O[C@@H](n5cnc6c(N)ncnc65)[C@H](C)[C@@H]4OP(=O)(O)OC[C@H]4O[C@@H](n5ccc(=O)[nH]c5=O)[C@H](F)[C@@H]4O3)cc2)cc1. The number of phosphoric acid groups is 1. The van der Waals surface area contributed by atoms with Crippen molar-refractivity contribution in [3.63, 3.8) is 0 Å². The molecule has 3 aliphatic rings. The van der Waals surface area contributed by atoms with Crippen LogP contribution in [0.15, 0.2) is 83.0 Å². The van der Waals surface area contributed by atoms with Crippen LogP contribution in [0.1, 0.15) is 35.3 Å². The summed E-state index contributed by atoms with van der Waals surface area (Å²) in [7, 11) is -3.49. The van der Waals surface area contributed by atoms with E-state index in [0.29, 0.717) is 33.9 Å². The van der Waals surface area contributed by atoms with Gasteiger partial charge in [0.2, 0.25) is 0 Å². The highest BCUT2D eigenvalue weighted by Crippen LogP contribution is 2.65. The van der Waals surface area contributed by atoms with E-state index < -0.39 is 94.0 Å². The van der Waals surface area contributed by atoms with Crippen molar-refractivity contribution in [3.8, 4) is 11.5 Å². The quantitative estimate of drug-likeness (QED) is 0.113. The number of anilines is 1. The number of fused-ring (bicyclic) bond motifs is 3. The molecule has 2 unspecified atom stereocenters. The highest BCUT2D eigenvalue weighted by molar-refractivity contribution is 8.54. The number of nitrogens with zero attached hydrogens (tertiary/aromatic N) is 5. The van der Waals surface area contributed by atoms with Crippen molar-refractivity contribution in [2.24, 2.45) is 5.92 Å². The number of aromatic amines is 1. The maximum absolute atomic E-state index is 16.5. The second-order valence-electron chi connectivity index (χ2n) is 13.7. The molecule has 0 aliphatic carbocycles. The standard InChI is InChI=1S/C35H36FN7O14P2S/c1-18-28-23(54-32(18)43-17-40-27-30(37)38-16-39-31(27)43)14-52-59(49,60-15-19-3-7-22(8-4-19)53-34(45)20-5-9-21(50-2)10-6-20)57-29-24(13-51-58(47,48)56-28)55-33(26(29)36)42-12-11-25(44)41-35(42)46/h3-12,16-18,23-24,26,28-29,32-33H,13-15H2,1-2H3,(H,47,48)(H2,37,38,39)(H,41,44,46)/t18-,23-,24-,26-,28+,29-,32-,33-,59?/m1/s1. The van der Waals surface area contributed by atoms with Gasteiger partial charge in [-0.05, 0) is 53.3 Å². The number of H-pyrrole nitrogens is 1. The van der Waals surface area contributed by atoms with Crippen LogP contribution >= 0.6 is 26.0 Å². The van der Waals surface area contributed by atoms with Gasteiger partial charge in [0.05, 0.1) is 32.2 Å². The number of nitrogen functional groups attached to an aromatic ring is 1. The summed E-state index contributed by atoms with van der Waals surface area (Å²) in [5, 5.41) is 0. The summed E-state index contributed by atoms with van der Waals surface area (Å²) in [6.07, 6.45) is -7.14. The summed E-state index contributed by atoms with van der Waals surface area (Å²) < 4.78 is 92.7. The van der Waals surface area contributed by atoms with E-state index in [0.717, 1.165) is 16.8 Å². The van der Waals surface area contributed by atoms with Crippen molar-refractivity contribution >= 4 is 49.0 Å². The lowest BCUT2D eigenvalue weighted by Gasteiger charge is -2.29. The molecule has 0 bridgehead atoms. The summed E-state index contributed by atoms with van der Waals surface area (Å²) in [4.78, 5) is 62.5. The third-order valence-electron chi connectivity index (χ3n) is 9.86. The van der Waals surface area contributed by atoms with Crippen molar-refractivity contribution in [3.05, 3.63) is 105 Å². The van der Waals surface area contributed by atoms with E-state index in [1.165, 1.54) is 36.5 Å². The molecule has 2 aromatic carbocycles. The Morgan fingerprint density at radius 1 is 0.950 bits per heavy atom. The zero-order chi connectivity index (χ0) is 42.3. The van der Waals surface area contributed by atoms with E-state index in [2.05, 4.69) is 15.0 Å². The number of hydrogen-bond acceptors (Lipinski definition) is 18. The molecule has 8 rings (SSSR count). The maximum atomic E-state index is 16.5. The number of carbonyl (C=O) groups excluding carboxylic acids is 1. The average molecular weight is 892 g/mol. The minimum Gasteiger partial charge on any atom is -0.497 e. The number of phosphoric ester groups is 1. The molecule has 318 valence electrons. The highest BCUT2D eigenvalue weighted by Gasteiger charge is 2.54. The van der Waals surface area contributed by atoms with Gasteiger partial charge in [0.1, 0.15) is 54.0 Å². The zero-order valence-electron chi connectivity index (χ0n) is 31.4. The van der Waals surface area contributed by atoms with Crippen molar-refractivity contribution in [2.45, 2.75) is 55.7 Å². The first kappa shape index (κ1) is 41.9. The van der Waals surface area contributed by atoms with Gasteiger partial charge in [0.15, 0.2) is 23.9 Å².